The molecule has 3 aromatic heterocycles. The molecular weight excluding hydrogens is 394 g/mol. The molecule has 164 valence electrons. The van der Waals surface area contributed by atoms with Crippen LogP contribution < -0.4 is 11.0 Å². The molecule has 8 heteroatoms. The number of H-pyrrole nitrogens is 2. The highest BCUT2D eigenvalue weighted by molar-refractivity contribution is 6.00. The molecule has 0 spiro atoms. The van der Waals surface area contributed by atoms with Gasteiger partial charge in [0.15, 0.2) is 0 Å². The second-order valence-corrected chi connectivity index (χ2v) is 11.0. The van der Waals surface area contributed by atoms with Gasteiger partial charge in [-0.25, -0.2) is 14.6 Å². The van der Waals surface area contributed by atoms with E-state index in [0.717, 1.165) is 54.2 Å². The monoisotopic (exact) mass is 423 g/mol. The summed E-state index contributed by atoms with van der Waals surface area (Å²) in [7, 11) is 0. The largest absolute Gasteiger partial charge is 0.443 e. The van der Waals surface area contributed by atoms with Gasteiger partial charge in [-0.1, -0.05) is 0 Å². The Morgan fingerprint density at radius 1 is 1.26 bits per heavy atom. The molecule has 0 radical (unpaired) electrons. The number of nitrogens with one attached hydrogen (secondary N) is 3. The summed E-state index contributed by atoms with van der Waals surface area (Å²) in [5.74, 6) is 1.21. The highest BCUT2D eigenvalue weighted by Gasteiger charge is 2.58. The molecule has 0 saturated heterocycles. The molecule has 4 aliphatic rings. The van der Waals surface area contributed by atoms with Gasteiger partial charge in [-0.05, 0) is 76.7 Å². The molecule has 1 amide bonds. The van der Waals surface area contributed by atoms with Gasteiger partial charge in [0.25, 0.3) is 0 Å². The number of imidazole rings is 1. The zero-order valence-electron chi connectivity index (χ0n) is 18.2. The average molecular weight is 424 g/mol. The van der Waals surface area contributed by atoms with Gasteiger partial charge < -0.3 is 20.0 Å². The molecule has 4 saturated carbocycles. The third kappa shape index (κ3) is 2.91. The van der Waals surface area contributed by atoms with E-state index in [4.69, 9.17) is 4.74 Å². The van der Waals surface area contributed by atoms with Crippen LogP contribution in [0.15, 0.2) is 23.3 Å². The fourth-order valence-electron chi connectivity index (χ4n) is 6.90. The van der Waals surface area contributed by atoms with Gasteiger partial charge in [-0.3, -0.25) is 4.57 Å². The first-order valence-corrected chi connectivity index (χ1v) is 11.3. The molecule has 2 atom stereocenters. The van der Waals surface area contributed by atoms with Gasteiger partial charge in [-0.15, -0.1) is 0 Å². The molecule has 3 heterocycles. The topological polar surface area (TPSA) is 105 Å². The molecule has 4 bridgehead atoms. The summed E-state index contributed by atoms with van der Waals surface area (Å²) in [5, 5.41) is 3.92. The van der Waals surface area contributed by atoms with Crippen molar-refractivity contribution >= 4 is 28.2 Å². The number of rotatable bonds is 2. The minimum atomic E-state index is -0.400. The maximum absolute atomic E-state index is 13.1. The van der Waals surface area contributed by atoms with Crippen molar-refractivity contribution in [3.63, 3.8) is 0 Å². The van der Waals surface area contributed by atoms with Crippen molar-refractivity contribution in [2.45, 2.75) is 70.1 Å². The molecule has 2 unspecified atom stereocenters. The number of amides is 1. The number of carbonyl (C=O) groups is 1. The standard InChI is InChI=1S/C23H29N5O3/c1-22(2,3)27-21(30)31-23-8-12-6-13(9-23)17(14(7-12)10-23)28-18-15-4-5-24-19(15)25-11-16(18)26-20(28)29/h4-5,11-14,17H,6-10H2,1-3H3,(H,24,25)(H,26,29)(H,27,30). The zero-order chi connectivity index (χ0) is 21.5. The highest BCUT2D eigenvalue weighted by Crippen LogP contribution is 2.61. The number of pyridine rings is 1. The molecule has 31 heavy (non-hydrogen) atoms. The summed E-state index contributed by atoms with van der Waals surface area (Å²) in [6.45, 7) is 5.89. The molecule has 7 rings (SSSR count). The third-order valence-electron chi connectivity index (χ3n) is 7.51. The summed E-state index contributed by atoms with van der Waals surface area (Å²) in [6.07, 6.45) is 8.05. The summed E-state index contributed by atoms with van der Waals surface area (Å²) in [6, 6.07) is 2.12. The maximum atomic E-state index is 13.1. The lowest BCUT2D eigenvalue weighted by molar-refractivity contribution is -0.149. The summed E-state index contributed by atoms with van der Waals surface area (Å²) in [5.41, 5.74) is 1.72. The van der Waals surface area contributed by atoms with Gasteiger partial charge in [-0.2, -0.15) is 0 Å². The van der Waals surface area contributed by atoms with Crippen LogP contribution in [0.4, 0.5) is 4.79 Å². The number of hydrogen-bond acceptors (Lipinski definition) is 4. The van der Waals surface area contributed by atoms with E-state index in [1.807, 2.05) is 37.6 Å². The number of ether oxygens (including phenoxy) is 1. The Labute approximate surface area is 179 Å². The predicted octanol–water partition coefficient (Wildman–Crippen LogP) is 3.85. The lowest BCUT2D eigenvalue weighted by Gasteiger charge is -2.59. The Morgan fingerprint density at radius 2 is 2.00 bits per heavy atom. The molecule has 0 aliphatic heterocycles. The van der Waals surface area contributed by atoms with Crippen molar-refractivity contribution < 1.29 is 9.53 Å². The summed E-state index contributed by atoms with van der Waals surface area (Å²) >= 11 is 0. The van der Waals surface area contributed by atoms with E-state index in [0.29, 0.717) is 17.8 Å². The fourth-order valence-corrected chi connectivity index (χ4v) is 6.90. The van der Waals surface area contributed by atoms with Crippen LogP contribution in [0.1, 0.15) is 58.9 Å². The molecule has 0 aromatic carbocycles. The average Bonchev–Trinajstić information content (AvgIpc) is 3.22. The number of hydrogen-bond donors (Lipinski definition) is 3. The number of alkyl carbamates (subject to hydrolysis) is 1. The van der Waals surface area contributed by atoms with Crippen molar-refractivity contribution in [1.29, 1.82) is 0 Å². The van der Waals surface area contributed by atoms with Crippen molar-refractivity contribution in [2.24, 2.45) is 17.8 Å². The first kappa shape index (κ1) is 19.0. The van der Waals surface area contributed by atoms with E-state index >= 15 is 0 Å². The number of aromatic nitrogens is 4. The second-order valence-electron chi connectivity index (χ2n) is 11.0. The van der Waals surface area contributed by atoms with Crippen molar-refractivity contribution in [2.75, 3.05) is 0 Å². The van der Waals surface area contributed by atoms with Crippen molar-refractivity contribution in [3.8, 4) is 0 Å². The van der Waals surface area contributed by atoms with Gasteiger partial charge >= 0.3 is 11.8 Å². The molecular formula is C23H29N5O3. The predicted molar refractivity (Wildman–Crippen MR) is 117 cm³/mol. The number of fused-ring (bicyclic) bond motifs is 3. The quantitative estimate of drug-likeness (QED) is 0.582. The first-order chi connectivity index (χ1) is 14.7. The number of nitrogens with zero attached hydrogens (tertiary/aromatic N) is 2. The van der Waals surface area contributed by atoms with Crippen LogP contribution in [0.2, 0.25) is 0 Å². The maximum Gasteiger partial charge on any atom is 0.408 e. The summed E-state index contributed by atoms with van der Waals surface area (Å²) in [4.78, 5) is 36.3. The number of carbonyl (C=O) groups excluding carboxylic acids is 1. The van der Waals surface area contributed by atoms with Crippen LogP contribution in [-0.4, -0.2) is 36.8 Å². The van der Waals surface area contributed by atoms with Crippen LogP contribution >= 0.6 is 0 Å². The summed E-state index contributed by atoms with van der Waals surface area (Å²) < 4.78 is 8.10. The first-order valence-electron chi connectivity index (χ1n) is 11.3. The zero-order valence-corrected chi connectivity index (χ0v) is 18.2. The lowest BCUT2D eigenvalue weighted by atomic mass is 9.52. The van der Waals surface area contributed by atoms with Crippen LogP contribution in [0.3, 0.4) is 0 Å². The van der Waals surface area contributed by atoms with E-state index in [-0.39, 0.29) is 23.4 Å². The molecule has 8 nitrogen and oxygen atoms in total. The van der Waals surface area contributed by atoms with Crippen LogP contribution in [-0.2, 0) is 4.74 Å². The number of aromatic amines is 2. The van der Waals surface area contributed by atoms with Gasteiger partial charge in [0.2, 0.25) is 0 Å². The van der Waals surface area contributed by atoms with Crippen LogP contribution in [0.25, 0.3) is 22.1 Å². The minimum absolute atomic E-state index is 0.0663. The van der Waals surface area contributed by atoms with Gasteiger partial charge in [0.05, 0.1) is 17.2 Å². The Morgan fingerprint density at radius 3 is 2.71 bits per heavy atom. The van der Waals surface area contributed by atoms with Crippen molar-refractivity contribution in [3.05, 3.63) is 28.9 Å². The van der Waals surface area contributed by atoms with E-state index < -0.39 is 5.60 Å². The SMILES string of the molecule is CC(C)(C)NC(=O)OC12CC3CC(C1)C(n1c(=O)[nH]c4cnc5[nH]ccc5c41)C(C3)C2. The Kier molecular flexibility index (Phi) is 3.76. The van der Waals surface area contributed by atoms with Crippen LogP contribution in [0.5, 0.6) is 0 Å². The highest BCUT2D eigenvalue weighted by atomic mass is 16.6. The van der Waals surface area contributed by atoms with Crippen molar-refractivity contribution in [1.82, 2.24) is 24.8 Å². The fraction of sp³-hybridized carbons (Fsp3) is 0.609. The van der Waals surface area contributed by atoms with Gasteiger partial charge in [0.1, 0.15) is 11.2 Å². The molecule has 4 fully saturated rings. The molecule has 3 N–H and O–H groups in total. The van der Waals surface area contributed by atoms with E-state index in [9.17, 15) is 9.59 Å². The second kappa shape index (κ2) is 6.14. The molecule has 3 aromatic rings. The lowest BCUT2D eigenvalue weighted by Crippen LogP contribution is -2.58. The van der Waals surface area contributed by atoms with Crippen LogP contribution in [0, 0.1) is 17.8 Å². The molecule has 4 aliphatic carbocycles. The Balaban J connectivity index is 1.38. The Bertz CT molecular complexity index is 1230. The van der Waals surface area contributed by atoms with Gasteiger partial charge in [0, 0.05) is 23.2 Å². The minimum Gasteiger partial charge on any atom is -0.443 e. The van der Waals surface area contributed by atoms with E-state index in [1.165, 1.54) is 0 Å². The smallest absolute Gasteiger partial charge is 0.408 e. The normalized spacial score (nSPS) is 32.1. The Hall–Kier alpha value is -2.77. The third-order valence-corrected chi connectivity index (χ3v) is 7.51. The van der Waals surface area contributed by atoms with E-state index in [1.54, 1.807) is 6.20 Å². The van der Waals surface area contributed by atoms with E-state index in [2.05, 4.69) is 20.3 Å².